The highest BCUT2D eigenvalue weighted by Crippen LogP contribution is 2.49. The van der Waals surface area contributed by atoms with Crippen molar-refractivity contribution in [1.29, 1.82) is 0 Å². The Hall–Kier alpha value is -1.75. The molecule has 1 aliphatic heterocycles. The fraction of sp³-hybridized carbons (Fsp3) is 0.357. The first-order chi connectivity index (χ1) is 15.3. The Kier molecular flexibility index (Phi) is 8.49. The van der Waals surface area contributed by atoms with E-state index in [1.54, 1.807) is 11.8 Å². The largest absolute Gasteiger partial charge is 0.364 e. The van der Waals surface area contributed by atoms with Crippen LogP contribution in [0.1, 0.15) is 86.1 Å². The smallest absolute Gasteiger partial charge is 0.0487 e. The van der Waals surface area contributed by atoms with E-state index in [2.05, 4.69) is 90.0 Å². The van der Waals surface area contributed by atoms with Crippen LogP contribution in [0, 0.1) is 6.92 Å². The molecular weight excluding hydrogens is 447 g/mol. The van der Waals surface area contributed by atoms with Crippen molar-refractivity contribution in [2.24, 2.45) is 0 Å². The highest BCUT2D eigenvalue weighted by atomic mass is 32.2. The quantitative estimate of drug-likeness (QED) is 0.440. The van der Waals surface area contributed by atoms with Gasteiger partial charge in [-0.2, -0.15) is 0 Å². The summed E-state index contributed by atoms with van der Waals surface area (Å²) in [6.45, 7) is 20.3. The van der Waals surface area contributed by atoms with Crippen LogP contribution in [0.4, 0.5) is 0 Å². The fourth-order valence-corrected chi connectivity index (χ4v) is 7.54. The van der Waals surface area contributed by atoms with Crippen molar-refractivity contribution < 1.29 is 0 Å². The number of thioether (sulfide) groups is 1. The minimum atomic E-state index is 0.504. The van der Waals surface area contributed by atoms with Crippen molar-refractivity contribution in [3.05, 3.63) is 84.4 Å². The van der Waals surface area contributed by atoms with Gasteiger partial charge in [-0.05, 0) is 91.8 Å². The molecule has 1 aliphatic rings. The summed E-state index contributed by atoms with van der Waals surface area (Å²) < 4.78 is 0. The standard InChI is InChI=1S/C28H35NS3/c1-9-17(3)25-20(6)26(23(10-2)19(5)24-14-12-16-30-24)32-28(25)27-21(7)29-15-11-13-18(4)22(8)31-27/h11-17,29H,8-10H2,1-7H3/b15-11-,18-13+,23-19+,27-21-. The summed E-state index contributed by atoms with van der Waals surface area (Å²) in [4.78, 5) is 6.62. The van der Waals surface area contributed by atoms with Crippen LogP contribution in [0.2, 0.25) is 0 Å². The van der Waals surface area contributed by atoms with Gasteiger partial charge in [-0.25, -0.2) is 0 Å². The number of hydrogen-bond acceptors (Lipinski definition) is 4. The van der Waals surface area contributed by atoms with Gasteiger partial charge in [0.1, 0.15) is 0 Å². The van der Waals surface area contributed by atoms with Crippen LogP contribution in [0.5, 0.6) is 0 Å². The first kappa shape index (κ1) is 24.9. The summed E-state index contributed by atoms with van der Waals surface area (Å²) in [7, 11) is 0. The van der Waals surface area contributed by atoms with Crippen molar-refractivity contribution >= 4 is 50.5 Å². The molecular formula is C28H35NS3. The number of hydrogen-bond donors (Lipinski definition) is 1. The van der Waals surface area contributed by atoms with E-state index in [1.807, 2.05) is 28.9 Å². The second-order valence-corrected chi connectivity index (χ2v) is 11.4. The molecule has 3 rings (SSSR count). The van der Waals surface area contributed by atoms with Crippen LogP contribution < -0.4 is 5.32 Å². The predicted octanol–water partition coefficient (Wildman–Crippen LogP) is 9.97. The molecule has 0 aliphatic carbocycles. The fourth-order valence-electron chi connectivity index (χ4n) is 4.04. The Labute approximate surface area is 206 Å². The Morgan fingerprint density at radius 1 is 1.19 bits per heavy atom. The first-order valence-corrected chi connectivity index (χ1v) is 13.9. The minimum Gasteiger partial charge on any atom is -0.364 e. The van der Waals surface area contributed by atoms with E-state index in [4.69, 9.17) is 0 Å². The van der Waals surface area contributed by atoms with Crippen LogP contribution in [0.15, 0.2) is 58.6 Å². The number of allylic oxidation sites excluding steroid dienone is 6. The topological polar surface area (TPSA) is 12.0 Å². The lowest BCUT2D eigenvalue weighted by Crippen LogP contribution is -2.04. The Bertz CT molecular complexity index is 1100. The van der Waals surface area contributed by atoms with Gasteiger partial charge in [-0.3, -0.25) is 0 Å². The van der Waals surface area contributed by atoms with Gasteiger partial charge < -0.3 is 5.32 Å². The molecule has 0 spiro atoms. The summed E-state index contributed by atoms with van der Waals surface area (Å²) in [5, 5.41) is 5.68. The molecule has 0 saturated heterocycles. The van der Waals surface area contributed by atoms with E-state index in [0.717, 1.165) is 17.7 Å². The molecule has 0 radical (unpaired) electrons. The molecule has 4 heteroatoms. The lowest BCUT2D eigenvalue weighted by Gasteiger charge is -2.17. The van der Waals surface area contributed by atoms with E-state index in [1.165, 1.54) is 53.1 Å². The molecule has 1 unspecified atom stereocenters. The SMILES string of the molecule is C=C1S/C(c2sc(/C(CC)=C(\C)c3cccs3)c(C)c2C(C)CC)=C(/C)N/C=C\C=C\1C. The average Bonchev–Trinajstić information content (AvgIpc) is 3.43. The third-order valence-corrected chi connectivity index (χ3v) is 10.0. The maximum absolute atomic E-state index is 4.38. The van der Waals surface area contributed by atoms with Gasteiger partial charge in [0.25, 0.3) is 0 Å². The predicted molar refractivity (Wildman–Crippen MR) is 150 cm³/mol. The molecule has 1 nitrogen and oxygen atoms in total. The third kappa shape index (κ3) is 5.08. The maximum atomic E-state index is 4.38. The Morgan fingerprint density at radius 3 is 2.56 bits per heavy atom. The molecule has 0 aromatic carbocycles. The number of nitrogens with one attached hydrogen (secondary N) is 1. The lowest BCUT2D eigenvalue weighted by atomic mass is 9.91. The summed E-state index contributed by atoms with van der Waals surface area (Å²) >= 11 is 5.60. The second-order valence-electron chi connectivity index (χ2n) is 8.38. The third-order valence-electron chi connectivity index (χ3n) is 6.22. The molecule has 3 heterocycles. The highest BCUT2D eigenvalue weighted by molar-refractivity contribution is 8.12. The Morgan fingerprint density at radius 2 is 1.94 bits per heavy atom. The van der Waals surface area contributed by atoms with Gasteiger partial charge in [0.05, 0.1) is 0 Å². The minimum absolute atomic E-state index is 0.504. The molecule has 0 fully saturated rings. The molecule has 0 saturated carbocycles. The molecule has 2 aromatic rings. The number of rotatable bonds is 6. The molecule has 170 valence electrons. The van der Waals surface area contributed by atoms with Gasteiger partial charge >= 0.3 is 0 Å². The zero-order valence-electron chi connectivity index (χ0n) is 20.4. The molecule has 1 atom stereocenters. The summed E-state index contributed by atoms with van der Waals surface area (Å²) in [5.41, 5.74) is 8.22. The summed E-state index contributed by atoms with van der Waals surface area (Å²) in [6.07, 6.45) is 8.38. The molecule has 0 bridgehead atoms. The van der Waals surface area contributed by atoms with E-state index in [-0.39, 0.29) is 0 Å². The van der Waals surface area contributed by atoms with Gasteiger partial charge in [0.15, 0.2) is 0 Å². The van der Waals surface area contributed by atoms with Gasteiger partial charge in [0.2, 0.25) is 0 Å². The molecule has 1 N–H and O–H groups in total. The van der Waals surface area contributed by atoms with Crippen LogP contribution >= 0.6 is 34.4 Å². The summed E-state index contributed by atoms with van der Waals surface area (Å²) in [6, 6.07) is 4.39. The van der Waals surface area contributed by atoms with E-state index >= 15 is 0 Å². The van der Waals surface area contributed by atoms with Crippen molar-refractivity contribution in [3.63, 3.8) is 0 Å². The lowest BCUT2D eigenvalue weighted by molar-refractivity contribution is 0.730. The molecule has 0 amide bonds. The van der Waals surface area contributed by atoms with Gasteiger partial charge in [-0.1, -0.05) is 51.3 Å². The summed E-state index contributed by atoms with van der Waals surface area (Å²) in [5.74, 6) is 0.504. The van der Waals surface area contributed by atoms with Crippen LogP contribution in [0.3, 0.4) is 0 Å². The average molecular weight is 482 g/mol. The second kappa shape index (κ2) is 10.9. The maximum Gasteiger partial charge on any atom is 0.0487 e. The van der Waals surface area contributed by atoms with Crippen molar-refractivity contribution in [2.75, 3.05) is 0 Å². The monoisotopic (exact) mass is 481 g/mol. The Balaban J connectivity index is 2.26. The zero-order valence-corrected chi connectivity index (χ0v) is 22.8. The highest BCUT2D eigenvalue weighted by Gasteiger charge is 2.26. The van der Waals surface area contributed by atoms with E-state index in [9.17, 15) is 0 Å². The van der Waals surface area contributed by atoms with Crippen LogP contribution in [-0.4, -0.2) is 0 Å². The van der Waals surface area contributed by atoms with Crippen LogP contribution in [0.25, 0.3) is 16.1 Å². The molecule has 2 aromatic heterocycles. The van der Waals surface area contributed by atoms with Gasteiger partial charge in [-0.15, -0.1) is 22.7 Å². The van der Waals surface area contributed by atoms with Crippen molar-refractivity contribution in [3.8, 4) is 0 Å². The van der Waals surface area contributed by atoms with Gasteiger partial charge in [0, 0.05) is 36.3 Å². The zero-order chi connectivity index (χ0) is 23.4. The van der Waals surface area contributed by atoms with E-state index < -0.39 is 0 Å². The number of thiophene rings is 2. The van der Waals surface area contributed by atoms with Crippen molar-refractivity contribution in [2.45, 2.75) is 67.2 Å². The van der Waals surface area contributed by atoms with Crippen LogP contribution in [-0.2, 0) is 0 Å². The molecule has 32 heavy (non-hydrogen) atoms. The normalized spacial score (nSPS) is 21.6. The first-order valence-electron chi connectivity index (χ1n) is 11.4. The van der Waals surface area contributed by atoms with E-state index in [0.29, 0.717) is 5.92 Å². The van der Waals surface area contributed by atoms with Crippen molar-refractivity contribution in [1.82, 2.24) is 5.32 Å².